The lowest BCUT2D eigenvalue weighted by Crippen LogP contribution is -2.51. The Morgan fingerprint density at radius 3 is 1.97 bits per heavy atom. The molecule has 0 radical (unpaired) electrons. The number of ether oxygens (including phenoxy) is 1. The van der Waals surface area contributed by atoms with E-state index in [0.717, 1.165) is 22.3 Å². The fourth-order valence-corrected chi connectivity index (χ4v) is 4.06. The number of benzene rings is 2. The highest BCUT2D eigenvalue weighted by molar-refractivity contribution is 5.85. The summed E-state index contributed by atoms with van der Waals surface area (Å²) < 4.78 is 32.3. The van der Waals surface area contributed by atoms with Gasteiger partial charge in [-0.15, -0.1) is 0 Å². The monoisotopic (exact) mass is 474 g/mol. The fourth-order valence-electron chi connectivity index (χ4n) is 4.06. The van der Waals surface area contributed by atoms with Crippen molar-refractivity contribution in [3.63, 3.8) is 0 Å². The number of rotatable bonds is 8. The topological polar surface area (TPSA) is 105 Å². The molecule has 2 aromatic rings. The molecule has 2 amide bonds. The van der Waals surface area contributed by atoms with Crippen LogP contribution in [-0.2, 0) is 14.3 Å². The number of carbonyl (C=O) groups excluding carboxylic acids is 2. The number of hydrogen-bond donors (Lipinski definition) is 3. The van der Waals surface area contributed by atoms with Crippen LogP contribution in [0.3, 0.4) is 0 Å². The van der Waals surface area contributed by atoms with Crippen molar-refractivity contribution in [1.29, 1.82) is 0 Å². The molecule has 34 heavy (non-hydrogen) atoms. The Labute approximate surface area is 196 Å². The molecule has 0 fully saturated rings. The zero-order valence-corrected chi connectivity index (χ0v) is 19.2. The number of nitrogens with one attached hydrogen (secondary N) is 2. The Balaban J connectivity index is 1.62. The summed E-state index contributed by atoms with van der Waals surface area (Å²) in [5.41, 5.74) is 3.18. The quantitative estimate of drug-likeness (QED) is 0.533. The van der Waals surface area contributed by atoms with Gasteiger partial charge >= 0.3 is 12.1 Å². The van der Waals surface area contributed by atoms with Gasteiger partial charge in [-0.25, -0.2) is 18.4 Å². The first-order valence-electron chi connectivity index (χ1n) is 10.9. The molecule has 182 valence electrons. The summed E-state index contributed by atoms with van der Waals surface area (Å²) in [6.07, 6.45) is -4.92. The molecule has 2 atom stereocenters. The van der Waals surface area contributed by atoms with E-state index >= 15 is 0 Å². The van der Waals surface area contributed by atoms with Crippen molar-refractivity contribution in [3.8, 4) is 11.1 Å². The van der Waals surface area contributed by atoms with Gasteiger partial charge in [0.05, 0.1) is 6.42 Å². The van der Waals surface area contributed by atoms with E-state index in [1.807, 2.05) is 53.8 Å². The van der Waals surface area contributed by atoms with Crippen molar-refractivity contribution in [2.75, 3.05) is 6.61 Å². The van der Waals surface area contributed by atoms with E-state index in [4.69, 9.17) is 4.74 Å². The van der Waals surface area contributed by atoms with Gasteiger partial charge < -0.3 is 20.5 Å². The average Bonchev–Trinajstić information content (AvgIpc) is 3.08. The molecule has 0 aliphatic heterocycles. The van der Waals surface area contributed by atoms with Crippen LogP contribution in [0.25, 0.3) is 11.1 Å². The Morgan fingerprint density at radius 1 is 0.971 bits per heavy atom. The SMILES string of the molecule is CC(C)(C)[C@@H](NC(=O)CC(NC(=O)OCC1c2ccccc2-c2ccccc21)C(F)F)C(=O)O. The van der Waals surface area contributed by atoms with Crippen LogP contribution in [-0.4, -0.2) is 48.2 Å². The number of carboxylic acids is 1. The second-order valence-corrected chi connectivity index (χ2v) is 9.32. The zero-order chi connectivity index (χ0) is 25.0. The van der Waals surface area contributed by atoms with Crippen LogP contribution in [0.15, 0.2) is 48.5 Å². The van der Waals surface area contributed by atoms with E-state index in [1.165, 1.54) is 0 Å². The fraction of sp³-hybridized carbons (Fsp3) is 0.400. The first-order valence-corrected chi connectivity index (χ1v) is 10.9. The predicted octanol–water partition coefficient (Wildman–Crippen LogP) is 4.16. The molecule has 3 rings (SSSR count). The maximum Gasteiger partial charge on any atom is 0.407 e. The minimum atomic E-state index is -3.05. The third kappa shape index (κ3) is 5.70. The highest BCUT2D eigenvalue weighted by atomic mass is 19.3. The minimum Gasteiger partial charge on any atom is -0.480 e. The second-order valence-electron chi connectivity index (χ2n) is 9.32. The maximum absolute atomic E-state index is 13.5. The number of hydrogen-bond acceptors (Lipinski definition) is 4. The summed E-state index contributed by atoms with van der Waals surface area (Å²) in [6, 6.07) is 12.3. The van der Waals surface area contributed by atoms with Gasteiger partial charge in [0.15, 0.2) is 0 Å². The second kappa shape index (κ2) is 10.2. The molecular formula is C25H28F2N2O5. The molecule has 1 unspecified atom stereocenters. The molecule has 7 nitrogen and oxygen atoms in total. The van der Waals surface area contributed by atoms with Crippen LogP contribution in [0.4, 0.5) is 13.6 Å². The van der Waals surface area contributed by atoms with E-state index in [1.54, 1.807) is 20.8 Å². The summed E-state index contributed by atoms with van der Waals surface area (Å²) in [5.74, 6) is -2.43. The number of fused-ring (bicyclic) bond motifs is 3. The Bertz CT molecular complexity index is 1020. The number of amides is 2. The number of aliphatic carboxylic acids is 1. The molecule has 0 spiro atoms. The lowest BCUT2D eigenvalue weighted by Gasteiger charge is -2.28. The normalized spacial score (nSPS) is 14.6. The van der Waals surface area contributed by atoms with Gasteiger partial charge in [-0.3, -0.25) is 4.79 Å². The van der Waals surface area contributed by atoms with Crippen LogP contribution in [0, 0.1) is 5.41 Å². The van der Waals surface area contributed by atoms with Crippen molar-refractivity contribution >= 4 is 18.0 Å². The number of alkyl halides is 2. The molecule has 0 saturated carbocycles. The van der Waals surface area contributed by atoms with E-state index < -0.39 is 48.3 Å². The number of alkyl carbamates (subject to hydrolysis) is 1. The third-order valence-electron chi connectivity index (χ3n) is 5.77. The van der Waals surface area contributed by atoms with Gasteiger partial charge in [-0.05, 0) is 27.7 Å². The summed E-state index contributed by atoms with van der Waals surface area (Å²) in [7, 11) is 0. The van der Waals surface area contributed by atoms with E-state index in [0.29, 0.717) is 0 Å². The molecule has 0 bridgehead atoms. The molecule has 0 saturated heterocycles. The van der Waals surface area contributed by atoms with Crippen molar-refractivity contribution < 1.29 is 33.0 Å². The van der Waals surface area contributed by atoms with Crippen LogP contribution in [0.1, 0.15) is 44.2 Å². The molecule has 3 N–H and O–H groups in total. The van der Waals surface area contributed by atoms with Crippen molar-refractivity contribution in [2.24, 2.45) is 5.41 Å². The standard InChI is InChI=1S/C25H28F2N2O5/c1-25(2,3)21(23(31)32)29-20(30)12-19(22(26)27)28-24(33)34-13-18-16-10-6-4-8-14(16)15-9-5-7-11-17(15)18/h4-11,18-19,21-22H,12-13H2,1-3H3,(H,28,33)(H,29,30)(H,31,32)/t19?,21-/m0/s1. The summed E-state index contributed by atoms with van der Waals surface area (Å²) in [4.78, 5) is 36.0. The first kappa shape index (κ1) is 25.1. The van der Waals surface area contributed by atoms with Gasteiger partial charge in [-0.1, -0.05) is 69.3 Å². The molecular weight excluding hydrogens is 446 g/mol. The van der Waals surface area contributed by atoms with Gasteiger partial charge in [0, 0.05) is 5.92 Å². The average molecular weight is 475 g/mol. The summed E-state index contributed by atoms with van der Waals surface area (Å²) in [6.45, 7) is 4.75. The summed E-state index contributed by atoms with van der Waals surface area (Å²) in [5, 5.41) is 13.6. The Morgan fingerprint density at radius 2 is 1.50 bits per heavy atom. The van der Waals surface area contributed by atoms with Crippen LogP contribution in [0.2, 0.25) is 0 Å². The van der Waals surface area contributed by atoms with Gasteiger partial charge in [-0.2, -0.15) is 0 Å². The van der Waals surface area contributed by atoms with Crippen LogP contribution >= 0.6 is 0 Å². The highest BCUT2D eigenvalue weighted by Gasteiger charge is 2.35. The molecule has 9 heteroatoms. The molecule has 1 aliphatic rings. The smallest absolute Gasteiger partial charge is 0.407 e. The van der Waals surface area contributed by atoms with Crippen molar-refractivity contribution in [2.45, 2.75) is 51.6 Å². The lowest BCUT2D eigenvalue weighted by atomic mass is 9.86. The molecule has 0 heterocycles. The van der Waals surface area contributed by atoms with Crippen molar-refractivity contribution in [1.82, 2.24) is 10.6 Å². The minimum absolute atomic E-state index is 0.0624. The Kier molecular flexibility index (Phi) is 7.54. The van der Waals surface area contributed by atoms with Gasteiger partial charge in [0.2, 0.25) is 5.91 Å². The lowest BCUT2D eigenvalue weighted by molar-refractivity contribution is -0.145. The van der Waals surface area contributed by atoms with Gasteiger partial charge in [0.1, 0.15) is 18.7 Å². The first-order chi connectivity index (χ1) is 16.0. The van der Waals surface area contributed by atoms with Gasteiger partial charge in [0.25, 0.3) is 6.43 Å². The molecule has 2 aromatic carbocycles. The maximum atomic E-state index is 13.5. The van der Waals surface area contributed by atoms with Crippen molar-refractivity contribution in [3.05, 3.63) is 59.7 Å². The third-order valence-corrected chi connectivity index (χ3v) is 5.77. The zero-order valence-electron chi connectivity index (χ0n) is 19.2. The van der Waals surface area contributed by atoms with E-state index in [-0.39, 0.29) is 12.5 Å². The van der Waals surface area contributed by atoms with E-state index in [9.17, 15) is 28.3 Å². The Hall–Kier alpha value is -3.49. The molecule has 1 aliphatic carbocycles. The largest absolute Gasteiger partial charge is 0.480 e. The molecule has 0 aromatic heterocycles. The highest BCUT2D eigenvalue weighted by Crippen LogP contribution is 2.44. The number of halogens is 2. The van der Waals surface area contributed by atoms with Crippen LogP contribution in [0.5, 0.6) is 0 Å². The summed E-state index contributed by atoms with van der Waals surface area (Å²) >= 11 is 0. The van der Waals surface area contributed by atoms with E-state index in [2.05, 4.69) is 5.32 Å². The number of carbonyl (C=O) groups is 3. The predicted molar refractivity (Wildman–Crippen MR) is 122 cm³/mol. The van der Waals surface area contributed by atoms with Crippen LogP contribution < -0.4 is 10.6 Å². The number of carboxylic acid groups (broad SMARTS) is 1.